The van der Waals surface area contributed by atoms with E-state index in [2.05, 4.69) is 9.97 Å². The molecule has 0 aliphatic rings. The fourth-order valence-corrected chi connectivity index (χ4v) is 2.13. The topological polar surface area (TPSA) is 38.9 Å². The van der Waals surface area contributed by atoms with Crippen molar-refractivity contribution in [2.75, 3.05) is 0 Å². The Balaban J connectivity index is 2.18. The first-order chi connectivity index (χ1) is 7.33. The van der Waals surface area contributed by atoms with E-state index in [1.54, 1.807) is 11.3 Å². The number of aryl methyl sites for hydroxylation is 1. The molecule has 3 aromatic rings. The van der Waals surface area contributed by atoms with Gasteiger partial charge in [-0.05, 0) is 19.1 Å². The van der Waals surface area contributed by atoms with Gasteiger partial charge in [0, 0.05) is 10.9 Å². The normalized spacial score (nSPS) is 11.0. The SMILES string of the molecule is Cc1nc(-c2ccc3ncoc3c2)cs1. The Morgan fingerprint density at radius 3 is 3.07 bits per heavy atom. The highest BCUT2D eigenvalue weighted by Gasteiger charge is 2.04. The van der Waals surface area contributed by atoms with Gasteiger partial charge in [-0.15, -0.1) is 11.3 Å². The van der Waals surface area contributed by atoms with Crippen molar-refractivity contribution in [3.63, 3.8) is 0 Å². The third-order valence-electron chi connectivity index (χ3n) is 2.25. The Labute approximate surface area is 90.4 Å². The number of rotatable bonds is 1. The summed E-state index contributed by atoms with van der Waals surface area (Å²) in [5.74, 6) is 0. The highest BCUT2D eigenvalue weighted by Crippen LogP contribution is 2.24. The molecule has 3 nitrogen and oxygen atoms in total. The number of thiazole rings is 1. The van der Waals surface area contributed by atoms with E-state index in [0.29, 0.717) is 0 Å². The second-order valence-electron chi connectivity index (χ2n) is 3.29. The van der Waals surface area contributed by atoms with Crippen LogP contribution in [0.15, 0.2) is 34.4 Å². The lowest BCUT2D eigenvalue weighted by Crippen LogP contribution is -1.77. The Bertz CT molecular complexity index is 612. The highest BCUT2D eigenvalue weighted by molar-refractivity contribution is 7.09. The summed E-state index contributed by atoms with van der Waals surface area (Å²) >= 11 is 1.65. The summed E-state index contributed by atoms with van der Waals surface area (Å²) < 4.78 is 5.25. The van der Waals surface area contributed by atoms with Gasteiger partial charge in [-0.1, -0.05) is 6.07 Å². The molecule has 2 heterocycles. The van der Waals surface area contributed by atoms with Crippen LogP contribution in [0.1, 0.15) is 5.01 Å². The van der Waals surface area contributed by atoms with Gasteiger partial charge in [0.1, 0.15) is 5.52 Å². The molecule has 1 aromatic carbocycles. The quantitative estimate of drug-likeness (QED) is 0.626. The monoisotopic (exact) mass is 216 g/mol. The first kappa shape index (κ1) is 8.61. The molecule has 74 valence electrons. The maximum atomic E-state index is 5.25. The average molecular weight is 216 g/mol. The maximum Gasteiger partial charge on any atom is 0.181 e. The molecule has 0 spiro atoms. The predicted octanol–water partition coefficient (Wildman–Crippen LogP) is 3.26. The molecule has 2 aromatic heterocycles. The zero-order valence-corrected chi connectivity index (χ0v) is 8.91. The van der Waals surface area contributed by atoms with Crippen LogP contribution in [-0.2, 0) is 0 Å². The molecular weight excluding hydrogens is 208 g/mol. The van der Waals surface area contributed by atoms with Gasteiger partial charge in [-0.2, -0.15) is 0 Å². The average Bonchev–Trinajstić information content (AvgIpc) is 2.84. The van der Waals surface area contributed by atoms with Gasteiger partial charge in [0.25, 0.3) is 0 Å². The lowest BCUT2D eigenvalue weighted by Gasteiger charge is -1.94. The Kier molecular flexibility index (Phi) is 1.82. The van der Waals surface area contributed by atoms with Gasteiger partial charge >= 0.3 is 0 Å². The highest BCUT2D eigenvalue weighted by atomic mass is 32.1. The molecule has 0 fully saturated rings. The first-order valence-electron chi connectivity index (χ1n) is 4.59. The van der Waals surface area contributed by atoms with Gasteiger partial charge in [0.05, 0.1) is 10.7 Å². The van der Waals surface area contributed by atoms with Crippen LogP contribution in [0.2, 0.25) is 0 Å². The second-order valence-corrected chi connectivity index (χ2v) is 4.35. The standard InChI is InChI=1S/C11H8N2OS/c1-7-13-10(5-15-7)8-2-3-9-11(4-8)14-6-12-9/h2-6H,1H3. The number of aromatic nitrogens is 2. The molecule has 3 rings (SSSR count). The van der Waals surface area contributed by atoms with E-state index in [-0.39, 0.29) is 0 Å². The summed E-state index contributed by atoms with van der Waals surface area (Å²) in [6.07, 6.45) is 1.46. The number of oxazole rings is 1. The molecular formula is C11H8N2OS. The zero-order valence-electron chi connectivity index (χ0n) is 8.10. The summed E-state index contributed by atoms with van der Waals surface area (Å²) in [5, 5.41) is 3.12. The molecule has 0 aliphatic carbocycles. The summed E-state index contributed by atoms with van der Waals surface area (Å²) in [4.78, 5) is 8.50. The minimum absolute atomic E-state index is 0.804. The van der Waals surface area contributed by atoms with Crippen LogP contribution in [0.4, 0.5) is 0 Å². The minimum atomic E-state index is 0.804. The van der Waals surface area contributed by atoms with Crippen LogP contribution in [0, 0.1) is 6.92 Å². The number of hydrogen-bond donors (Lipinski definition) is 0. The van der Waals surface area contributed by atoms with Gasteiger partial charge < -0.3 is 4.42 Å². The van der Waals surface area contributed by atoms with Crippen molar-refractivity contribution in [1.82, 2.24) is 9.97 Å². The zero-order chi connectivity index (χ0) is 10.3. The maximum absolute atomic E-state index is 5.25. The van der Waals surface area contributed by atoms with Gasteiger partial charge in [0.2, 0.25) is 0 Å². The summed E-state index contributed by atoms with van der Waals surface area (Å²) in [5.41, 5.74) is 3.75. The van der Waals surface area contributed by atoms with E-state index in [1.165, 1.54) is 6.39 Å². The summed E-state index contributed by atoms with van der Waals surface area (Å²) in [7, 11) is 0. The van der Waals surface area contributed by atoms with Crippen LogP contribution in [0.5, 0.6) is 0 Å². The molecule has 0 radical (unpaired) electrons. The molecule has 0 saturated heterocycles. The molecule has 15 heavy (non-hydrogen) atoms. The van der Waals surface area contributed by atoms with Crippen molar-refractivity contribution in [3.05, 3.63) is 35.0 Å². The van der Waals surface area contributed by atoms with Crippen molar-refractivity contribution in [2.45, 2.75) is 6.92 Å². The Morgan fingerprint density at radius 1 is 1.33 bits per heavy atom. The molecule has 0 atom stereocenters. The van der Waals surface area contributed by atoms with E-state index in [1.807, 2.05) is 30.5 Å². The van der Waals surface area contributed by atoms with E-state index in [4.69, 9.17) is 4.42 Å². The van der Waals surface area contributed by atoms with Crippen molar-refractivity contribution < 1.29 is 4.42 Å². The smallest absolute Gasteiger partial charge is 0.181 e. The summed E-state index contributed by atoms with van der Waals surface area (Å²) in [6, 6.07) is 5.93. The third kappa shape index (κ3) is 1.43. The van der Waals surface area contributed by atoms with Crippen LogP contribution in [0.25, 0.3) is 22.4 Å². The molecule has 0 unspecified atom stereocenters. The van der Waals surface area contributed by atoms with Gasteiger partial charge in [-0.3, -0.25) is 0 Å². The fourth-order valence-electron chi connectivity index (χ4n) is 1.51. The number of hydrogen-bond acceptors (Lipinski definition) is 4. The van der Waals surface area contributed by atoms with Crippen molar-refractivity contribution in [1.29, 1.82) is 0 Å². The number of fused-ring (bicyclic) bond motifs is 1. The Hall–Kier alpha value is -1.68. The van der Waals surface area contributed by atoms with Crippen LogP contribution in [0.3, 0.4) is 0 Å². The molecule has 0 aliphatic heterocycles. The largest absolute Gasteiger partial charge is 0.443 e. The molecule has 4 heteroatoms. The predicted molar refractivity (Wildman–Crippen MR) is 59.9 cm³/mol. The van der Waals surface area contributed by atoms with Gasteiger partial charge in [0.15, 0.2) is 12.0 Å². The number of benzene rings is 1. The van der Waals surface area contributed by atoms with Crippen LogP contribution < -0.4 is 0 Å². The molecule has 0 bridgehead atoms. The second kappa shape index (κ2) is 3.17. The van der Waals surface area contributed by atoms with E-state index < -0.39 is 0 Å². The molecule has 0 N–H and O–H groups in total. The molecule has 0 amide bonds. The fraction of sp³-hybridized carbons (Fsp3) is 0.0909. The van der Waals surface area contributed by atoms with Crippen molar-refractivity contribution in [2.24, 2.45) is 0 Å². The third-order valence-corrected chi connectivity index (χ3v) is 3.02. The van der Waals surface area contributed by atoms with Crippen LogP contribution in [-0.4, -0.2) is 9.97 Å². The minimum Gasteiger partial charge on any atom is -0.443 e. The first-order valence-corrected chi connectivity index (χ1v) is 5.47. The van der Waals surface area contributed by atoms with Crippen LogP contribution >= 0.6 is 11.3 Å². The summed E-state index contributed by atoms with van der Waals surface area (Å²) in [6.45, 7) is 2.00. The van der Waals surface area contributed by atoms with Crippen molar-refractivity contribution in [3.8, 4) is 11.3 Å². The van der Waals surface area contributed by atoms with E-state index in [0.717, 1.165) is 27.4 Å². The Morgan fingerprint density at radius 2 is 2.27 bits per heavy atom. The number of nitrogens with zero attached hydrogens (tertiary/aromatic N) is 2. The van der Waals surface area contributed by atoms with E-state index >= 15 is 0 Å². The lowest BCUT2D eigenvalue weighted by molar-refractivity contribution is 0.602. The van der Waals surface area contributed by atoms with Gasteiger partial charge in [-0.25, -0.2) is 9.97 Å². The molecule has 0 saturated carbocycles. The van der Waals surface area contributed by atoms with E-state index in [9.17, 15) is 0 Å². The lowest BCUT2D eigenvalue weighted by atomic mass is 10.1. The van der Waals surface area contributed by atoms with Crippen molar-refractivity contribution >= 4 is 22.4 Å².